The highest BCUT2D eigenvalue weighted by atomic mass is 35.5. The lowest BCUT2D eigenvalue weighted by Crippen LogP contribution is -2.60. The molecule has 2 aromatic rings. The second kappa shape index (κ2) is 7.11. The van der Waals surface area contributed by atoms with Gasteiger partial charge in [0.25, 0.3) is 0 Å². The van der Waals surface area contributed by atoms with Gasteiger partial charge in [-0.05, 0) is 30.2 Å². The summed E-state index contributed by atoms with van der Waals surface area (Å²) in [5.74, 6) is -0.165. The maximum absolute atomic E-state index is 12.4. The number of anilines is 2. The van der Waals surface area contributed by atoms with Crippen molar-refractivity contribution in [3.8, 4) is 11.1 Å². The number of rotatable bonds is 3. The first-order valence-electron chi connectivity index (χ1n) is 9.90. The number of urea groups is 1. The van der Waals surface area contributed by atoms with Gasteiger partial charge in [-0.3, -0.25) is 19.8 Å². The molecule has 8 heteroatoms. The molecular weight excluding hydrogens is 406 g/mol. The lowest BCUT2D eigenvalue weighted by Gasteiger charge is -2.45. The van der Waals surface area contributed by atoms with E-state index >= 15 is 0 Å². The van der Waals surface area contributed by atoms with E-state index in [1.165, 1.54) is 4.90 Å². The Labute approximate surface area is 178 Å². The van der Waals surface area contributed by atoms with Crippen LogP contribution in [0.25, 0.3) is 11.1 Å². The summed E-state index contributed by atoms with van der Waals surface area (Å²) in [5.41, 5.74) is 2.87. The van der Waals surface area contributed by atoms with Crippen LogP contribution >= 0.6 is 11.6 Å². The zero-order valence-electron chi connectivity index (χ0n) is 16.2. The first-order valence-corrected chi connectivity index (χ1v) is 10.3. The molecule has 0 bridgehead atoms. The molecule has 4 amide bonds. The Morgan fingerprint density at radius 2 is 1.77 bits per heavy atom. The van der Waals surface area contributed by atoms with Gasteiger partial charge in [0.05, 0.1) is 29.5 Å². The van der Waals surface area contributed by atoms with Crippen molar-refractivity contribution in [3.05, 3.63) is 47.5 Å². The van der Waals surface area contributed by atoms with E-state index in [-0.39, 0.29) is 30.3 Å². The van der Waals surface area contributed by atoms with Crippen LogP contribution in [-0.2, 0) is 14.3 Å². The number of nitrogens with zero attached hydrogens (tertiary/aromatic N) is 2. The van der Waals surface area contributed by atoms with Crippen LogP contribution in [0.2, 0.25) is 5.02 Å². The van der Waals surface area contributed by atoms with Crippen molar-refractivity contribution in [2.45, 2.75) is 24.8 Å². The smallest absolute Gasteiger partial charge is 0.328 e. The quantitative estimate of drug-likeness (QED) is 0.817. The summed E-state index contributed by atoms with van der Waals surface area (Å²) >= 11 is 6.66. The third-order valence-corrected chi connectivity index (χ3v) is 6.43. The number of imide groups is 1. The van der Waals surface area contributed by atoms with Crippen LogP contribution in [-0.4, -0.2) is 43.1 Å². The summed E-state index contributed by atoms with van der Waals surface area (Å²) in [5, 5.41) is 2.76. The monoisotopic (exact) mass is 425 g/mol. The molecule has 3 saturated heterocycles. The Hall–Kier alpha value is -2.90. The molecule has 3 fully saturated rings. The van der Waals surface area contributed by atoms with E-state index in [4.69, 9.17) is 16.3 Å². The van der Waals surface area contributed by atoms with Gasteiger partial charge < -0.3 is 9.64 Å². The zero-order valence-corrected chi connectivity index (χ0v) is 16.9. The van der Waals surface area contributed by atoms with Gasteiger partial charge in [0.15, 0.2) is 0 Å². The lowest BCUT2D eigenvalue weighted by molar-refractivity contribution is -0.120. The van der Waals surface area contributed by atoms with Crippen molar-refractivity contribution in [1.29, 1.82) is 0 Å². The summed E-state index contributed by atoms with van der Waals surface area (Å²) in [6.45, 7) is 1.44. The van der Waals surface area contributed by atoms with Crippen molar-refractivity contribution in [1.82, 2.24) is 5.32 Å². The molecule has 0 saturated carbocycles. The molecule has 5 rings (SSSR count). The van der Waals surface area contributed by atoms with Crippen molar-refractivity contribution in [2.24, 2.45) is 0 Å². The van der Waals surface area contributed by atoms with Crippen molar-refractivity contribution >= 4 is 40.8 Å². The highest BCUT2D eigenvalue weighted by Gasteiger charge is 2.51. The van der Waals surface area contributed by atoms with Gasteiger partial charge in [-0.1, -0.05) is 35.9 Å². The number of carbonyl (C=O) groups excluding carboxylic acids is 3. The highest BCUT2D eigenvalue weighted by molar-refractivity contribution is 6.36. The number of nitrogens with one attached hydrogen (secondary N) is 1. The number of hydrogen-bond donors (Lipinski definition) is 1. The molecule has 7 nitrogen and oxygen atoms in total. The Morgan fingerprint density at radius 3 is 2.43 bits per heavy atom. The molecule has 1 N–H and O–H groups in total. The van der Waals surface area contributed by atoms with Crippen LogP contribution in [0.15, 0.2) is 42.5 Å². The van der Waals surface area contributed by atoms with Crippen LogP contribution in [0.5, 0.6) is 0 Å². The number of benzene rings is 2. The summed E-state index contributed by atoms with van der Waals surface area (Å²) in [7, 11) is 0. The summed E-state index contributed by atoms with van der Waals surface area (Å²) in [6, 6.07) is 12.7. The first kappa shape index (κ1) is 19.1. The predicted octanol–water partition coefficient (Wildman–Crippen LogP) is 3.35. The topological polar surface area (TPSA) is 79.0 Å². The summed E-state index contributed by atoms with van der Waals surface area (Å²) in [6.07, 6.45) is 1.59. The van der Waals surface area contributed by atoms with Gasteiger partial charge in [-0.2, -0.15) is 0 Å². The van der Waals surface area contributed by atoms with Crippen LogP contribution in [0.3, 0.4) is 0 Å². The molecule has 1 spiro atoms. The molecule has 0 atom stereocenters. The molecule has 3 aliphatic heterocycles. The second-order valence-electron chi connectivity index (χ2n) is 7.89. The Kier molecular flexibility index (Phi) is 4.52. The highest BCUT2D eigenvalue weighted by Crippen LogP contribution is 2.41. The van der Waals surface area contributed by atoms with E-state index in [0.29, 0.717) is 30.3 Å². The third kappa shape index (κ3) is 2.97. The molecule has 154 valence electrons. The maximum Gasteiger partial charge on any atom is 0.328 e. The largest absolute Gasteiger partial charge is 0.376 e. The Bertz CT molecular complexity index is 1050. The van der Waals surface area contributed by atoms with E-state index in [2.05, 4.69) is 5.32 Å². The average Bonchev–Trinajstić information content (AvgIpc) is 3.07. The van der Waals surface area contributed by atoms with Gasteiger partial charge >= 0.3 is 6.03 Å². The van der Waals surface area contributed by atoms with Gasteiger partial charge in [0.2, 0.25) is 11.8 Å². The maximum atomic E-state index is 12.4. The van der Waals surface area contributed by atoms with Crippen LogP contribution < -0.4 is 15.1 Å². The average molecular weight is 426 g/mol. The Morgan fingerprint density at radius 1 is 1.00 bits per heavy atom. The van der Waals surface area contributed by atoms with Crippen LogP contribution in [0.1, 0.15) is 19.3 Å². The Balaban J connectivity index is 1.45. The van der Waals surface area contributed by atoms with E-state index in [1.807, 2.05) is 41.3 Å². The van der Waals surface area contributed by atoms with Gasteiger partial charge in [-0.25, -0.2) is 4.79 Å². The van der Waals surface area contributed by atoms with Gasteiger partial charge in [0, 0.05) is 30.6 Å². The molecular formula is C22H20ClN3O4. The number of carbonyl (C=O) groups is 3. The lowest BCUT2D eigenvalue weighted by atomic mass is 9.93. The molecule has 0 aliphatic carbocycles. The summed E-state index contributed by atoms with van der Waals surface area (Å²) in [4.78, 5) is 39.4. The molecule has 0 radical (unpaired) electrons. The fourth-order valence-corrected chi connectivity index (χ4v) is 4.73. The minimum absolute atomic E-state index is 0.122. The molecule has 0 unspecified atom stereocenters. The normalized spacial score (nSPS) is 20.5. The fourth-order valence-electron chi connectivity index (χ4n) is 4.39. The molecule has 2 aromatic carbocycles. The number of halogens is 1. The van der Waals surface area contributed by atoms with E-state index in [1.54, 1.807) is 6.07 Å². The third-order valence-electron chi connectivity index (χ3n) is 6.03. The molecule has 3 aliphatic rings. The van der Waals surface area contributed by atoms with Crippen LogP contribution in [0, 0.1) is 0 Å². The molecule has 30 heavy (non-hydrogen) atoms. The minimum atomic E-state index is -0.471. The van der Waals surface area contributed by atoms with Crippen LogP contribution in [0.4, 0.5) is 16.2 Å². The summed E-state index contributed by atoms with van der Waals surface area (Å²) < 4.78 is 5.39. The number of ether oxygens (including phenoxy) is 1. The van der Waals surface area contributed by atoms with E-state index in [0.717, 1.165) is 23.2 Å². The second-order valence-corrected chi connectivity index (χ2v) is 8.26. The van der Waals surface area contributed by atoms with Crippen molar-refractivity contribution in [3.63, 3.8) is 0 Å². The standard InChI is InChI=1S/C22H20ClN3O4/c23-20-16(2-1-3-17(20)25-11-9-18(27)24-21(25)29)14-4-6-15(7-5-14)26-19(28)8-10-22(26)12-30-13-22/h1-7H,8-13H2,(H,24,27,29). The predicted molar refractivity (Wildman–Crippen MR) is 113 cm³/mol. The minimum Gasteiger partial charge on any atom is -0.376 e. The van der Waals surface area contributed by atoms with Crippen molar-refractivity contribution in [2.75, 3.05) is 29.6 Å². The van der Waals surface area contributed by atoms with Gasteiger partial charge in [0.1, 0.15) is 0 Å². The number of amides is 4. The molecule has 0 aromatic heterocycles. The first-order chi connectivity index (χ1) is 14.5. The molecule has 3 heterocycles. The van der Waals surface area contributed by atoms with E-state index < -0.39 is 6.03 Å². The fraction of sp³-hybridized carbons (Fsp3) is 0.318. The van der Waals surface area contributed by atoms with Crippen molar-refractivity contribution < 1.29 is 19.1 Å². The van der Waals surface area contributed by atoms with Gasteiger partial charge in [-0.15, -0.1) is 0 Å². The number of hydrogen-bond acceptors (Lipinski definition) is 4. The zero-order chi connectivity index (χ0) is 20.9. The van der Waals surface area contributed by atoms with E-state index in [9.17, 15) is 14.4 Å². The SMILES string of the molecule is O=C1CCN(c2cccc(-c3ccc(N4C(=O)CCC45COC5)cc3)c2Cl)C(=O)N1.